The molecule has 2 heterocycles. The number of hydrogen-bond acceptors (Lipinski definition) is 7. The molecule has 4 rings (SSSR count). The average molecular weight is 444 g/mol. The first-order valence-corrected chi connectivity index (χ1v) is 11.2. The summed E-state index contributed by atoms with van der Waals surface area (Å²) in [5.41, 5.74) is 1.83. The quantitative estimate of drug-likeness (QED) is 0.603. The molecule has 1 aromatic heterocycles. The van der Waals surface area contributed by atoms with Crippen molar-refractivity contribution in [2.75, 3.05) is 41.2 Å². The number of nitrogens with one attached hydrogen (secondary N) is 2. The van der Waals surface area contributed by atoms with E-state index in [1.54, 1.807) is 24.3 Å². The summed E-state index contributed by atoms with van der Waals surface area (Å²) in [7, 11) is -4.03. The second-order valence-electron chi connectivity index (χ2n) is 7.03. The first-order chi connectivity index (χ1) is 14.9. The largest absolute Gasteiger partial charge is 0.378 e. The van der Waals surface area contributed by atoms with Gasteiger partial charge in [0.15, 0.2) is 0 Å². The molecule has 8 nitrogen and oxygen atoms in total. The number of anilines is 4. The molecule has 1 aliphatic rings. The Kier molecular flexibility index (Phi) is 6.01. The van der Waals surface area contributed by atoms with Crippen LogP contribution in [0.15, 0.2) is 59.5 Å². The molecule has 1 aliphatic heterocycles. The van der Waals surface area contributed by atoms with Gasteiger partial charge in [-0.1, -0.05) is 12.1 Å². The normalized spacial score (nSPS) is 14.3. The van der Waals surface area contributed by atoms with Gasteiger partial charge in [-0.2, -0.15) is 4.98 Å². The summed E-state index contributed by atoms with van der Waals surface area (Å²) >= 11 is 0. The van der Waals surface area contributed by atoms with Crippen LogP contribution in [0.1, 0.15) is 5.69 Å². The van der Waals surface area contributed by atoms with E-state index in [4.69, 9.17) is 4.74 Å². The maximum Gasteiger partial charge on any atom is 0.264 e. The highest BCUT2D eigenvalue weighted by molar-refractivity contribution is 7.92. The number of benzene rings is 2. The fraction of sp³-hybridized carbons (Fsp3) is 0.238. The molecule has 0 aliphatic carbocycles. The van der Waals surface area contributed by atoms with Gasteiger partial charge in [0, 0.05) is 36.2 Å². The number of rotatable bonds is 6. The predicted octanol–water partition coefficient (Wildman–Crippen LogP) is 3.31. The van der Waals surface area contributed by atoms with Crippen LogP contribution in [0, 0.1) is 12.7 Å². The molecule has 2 aromatic carbocycles. The lowest BCUT2D eigenvalue weighted by Gasteiger charge is -2.28. The summed E-state index contributed by atoms with van der Waals surface area (Å²) in [6, 6.07) is 13.7. The van der Waals surface area contributed by atoms with Crippen molar-refractivity contribution in [2.45, 2.75) is 11.8 Å². The van der Waals surface area contributed by atoms with Gasteiger partial charge >= 0.3 is 0 Å². The number of nitrogens with zero attached hydrogens (tertiary/aromatic N) is 3. The summed E-state index contributed by atoms with van der Waals surface area (Å²) in [4.78, 5) is 10.7. The third-order valence-corrected chi connectivity index (χ3v) is 6.11. The molecule has 1 saturated heterocycles. The van der Waals surface area contributed by atoms with Crippen molar-refractivity contribution in [1.29, 1.82) is 0 Å². The van der Waals surface area contributed by atoms with Crippen LogP contribution >= 0.6 is 0 Å². The average Bonchev–Trinajstić information content (AvgIpc) is 2.75. The van der Waals surface area contributed by atoms with E-state index in [1.165, 1.54) is 18.2 Å². The van der Waals surface area contributed by atoms with E-state index in [0.29, 0.717) is 30.5 Å². The highest BCUT2D eigenvalue weighted by atomic mass is 32.2. The lowest BCUT2D eigenvalue weighted by Crippen LogP contribution is -2.36. The maximum absolute atomic E-state index is 13.8. The van der Waals surface area contributed by atoms with Gasteiger partial charge in [-0.05, 0) is 43.3 Å². The first-order valence-electron chi connectivity index (χ1n) is 9.73. The molecule has 31 heavy (non-hydrogen) atoms. The van der Waals surface area contributed by atoms with Crippen LogP contribution in [0.5, 0.6) is 0 Å². The standard InChI is InChI=1S/C21H22FN5O3S/c1-15-14-20(27-10-12-30-13-11-27)25-21(23-15)24-16-6-8-17(9-7-16)26-31(28,29)19-5-3-2-4-18(19)22/h2-9,14,26H,10-13H2,1H3,(H,23,24,25). The predicted molar refractivity (Wildman–Crippen MR) is 117 cm³/mol. The van der Waals surface area contributed by atoms with Gasteiger partial charge in [0.05, 0.1) is 13.2 Å². The number of aromatic nitrogens is 2. The summed E-state index contributed by atoms with van der Waals surface area (Å²) in [6.07, 6.45) is 0. The lowest BCUT2D eigenvalue weighted by molar-refractivity contribution is 0.122. The summed E-state index contributed by atoms with van der Waals surface area (Å²) in [5.74, 6) is 0.467. The molecule has 0 amide bonds. The highest BCUT2D eigenvalue weighted by Crippen LogP contribution is 2.23. The zero-order valence-electron chi connectivity index (χ0n) is 16.9. The molecular formula is C21H22FN5O3S. The van der Waals surface area contributed by atoms with Crippen molar-refractivity contribution in [3.05, 3.63) is 66.1 Å². The molecular weight excluding hydrogens is 421 g/mol. The number of morpholine rings is 1. The van der Waals surface area contributed by atoms with Crippen molar-refractivity contribution in [2.24, 2.45) is 0 Å². The minimum atomic E-state index is -4.03. The van der Waals surface area contributed by atoms with E-state index in [9.17, 15) is 12.8 Å². The van der Waals surface area contributed by atoms with E-state index in [-0.39, 0.29) is 0 Å². The van der Waals surface area contributed by atoms with E-state index in [1.807, 2.05) is 13.0 Å². The van der Waals surface area contributed by atoms with E-state index >= 15 is 0 Å². The highest BCUT2D eigenvalue weighted by Gasteiger charge is 2.18. The smallest absolute Gasteiger partial charge is 0.264 e. The van der Waals surface area contributed by atoms with Gasteiger partial charge in [0.1, 0.15) is 16.5 Å². The second kappa shape index (κ2) is 8.86. The Balaban J connectivity index is 1.48. The van der Waals surface area contributed by atoms with Gasteiger partial charge in [-0.25, -0.2) is 17.8 Å². The fourth-order valence-corrected chi connectivity index (χ4v) is 4.32. The monoisotopic (exact) mass is 443 g/mol. The van der Waals surface area contributed by atoms with Crippen molar-refractivity contribution < 1.29 is 17.5 Å². The number of aryl methyl sites for hydroxylation is 1. The van der Waals surface area contributed by atoms with Crippen molar-refractivity contribution in [3.63, 3.8) is 0 Å². The van der Waals surface area contributed by atoms with E-state index < -0.39 is 20.7 Å². The molecule has 0 atom stereocenters. The summed E-state index contributed by atoms with van der Waals surface area (Å²) in [6.45, 7) is 4.77. The number of ether oxygens (including phenoxy) is 1. The fourth-order valence-electron chi connectivity index (χ4n) is 3.19. The molecule has 162 valence electrons. The van der Waals surface area contributed by atoms with E-state index in [2.05, 4.69) is 24.9 Å². The van der Waals surface area contributed by atoms with Crippen LogP contribution in [0.3, 0.4) is 0 Å². The van der Waals surface area contributed by atoms with Crippen LogP contribution in [0.4, 0.5) is 27.5 Å². The SMILES string of the molecule is Cc1cc(N2CCOCC2)nc(Nc2ccc(NS(=O)(=O)c3ccccc3F)cc2)n1. The van der Waals surface area contributed by atoms with Crippen molar-refractivity contribution in [3.8, 4) is 0 Å². The van der Waals surface area contributed by atoms with E-state index in [0.717, 1.165) is 30.7 Å². The Morgan fingerprint density at radius 1 is 1.00 bits per heavy atom. The maximum atomic E-state index is 13.8. The molecule has 3 aromatic rings. The molecule has 0 saturated carbocycles. The van der Waals surface area contributed by atoms with Crippen LogP contribution in [-0.4, -0.2) is 44.7 Å². The van der Waals surface area contributed by atoms with Gasteiger partial charge in [-0.3, -0.25) is 4.72 Å². The van der Waals surface area contributed by atoms with Gasteiger partial charge in [0.25, 0.3) is 10.0 Å². The van der Waals surface area contributed by atoms with Gasteiger partial charge in [0.2, 0.25) is 5.95 Å². The number of halogens is 1. The molecule has 0 spiro atoms. The van der Waals surface area contributed by atoms with Crippen LogP contribution in [0.25, 0.3) is 0 Å². The van der Waals surface area contributed by atoms with Crippen LogP contribution in [0.2, 0.25) is 0 Å². The lowest BCUT2D eigenvalue weighted by atomic mass is 10.3. The molecule has 10 heteroatoms. The third-order valence-electron chi connectivity index (χ3n) is 4.70. The topological polar surface area (TPSA) is 96.5 Å². The number of hydrogen-bond donors (Lipinski definition) is 2. The summed E-state index contributed by atoms with van der Waals surface area (Å²) < 4.78 is 46.5. The summed E-state index contributed by atoms with van der Waals surface area (Å²) in [5, 5.41) is 3.14. The Bertz CT molecular complexity index is 1170. The minimum absolute atomic E-state index is 0.313. The zero-order valence-corrected chi connectivity index (χ0v) is 17.7. The first kappa shape index (κ1) is 21.0. The molecule has 0 radical (unpaired) electrons. The molecule has 2 N–H and O–H groups in total. The Labute approximate surface area is 180 Å². The molecule has 0 bridgehead atoms. The van der Waals surface area contributed by atoms with Crippen molar-refractivity contribution in [1.82, 2.24) is 9.97 Å². The Morgan fingerprint density at radius 2 is 1.68 bits per heavy atom. The van der Waals surface area contributed by atoms with Gasteiger partial charge in [-0.15, -0.1) is 0 Å². The molecule has 1 fully saturated rings. The van der Waals surface area contributed by atoms with Crippen molar-refractivity contribution >= 4 is 33.2 Å². The Morgan fingerprint density at radius 3 is 2.39 bits per heavy atom. The Hall–Kier alpha value is -3.24. The van der Waals surface area contributed by atoms with Crippen LogP contribution < -0.4 is 14.9 Å². The minimum Gasteiger partial charge on any atom is -0.378 e. The number of sulfonamides is 1. The second-order valence-corrected chi connectivity index (χ2v) is 8.68. The van der Waals surface area contributed by atoms with Gasteiger partial charge < -0.3 is 15.0 Å². The molecule has 0 unspecified atom stereocenters. The zero-order chi connectivity index (χ0) is 21.8. The third kappa shape index (κ3) is 5.09. The van der Waals surface area contributed by atoms with Crippen LogP contribution in [-0.2, 0) is 14.8 Å².